The van der Waals surface area contributed by atoms with Gasteiger partial charge in [-0.25, -0.2) is 26.3 Å². The second kappa shape index (κ2) is 11.7. The van der Waals surface area contributed by atoms with Crippen LogP contribution in [0.5, 0.6) is 11.5 Å². The molecule has 8 nitrogen and oxygen atoms in total. The Kier molecular flexibility index (Phi) is 8.90. The largest absolute Gasteiger partial charge is 0.493 e. The number of ether oxygens (including phenoxy) is 2. The highest BCUT2D eigenvalue weighted by Crippen LogP contribution is 2.28. The molecule has 35 heavy (non-hydrogen) atoms. The summed E-state index contributed by atoms with van der Waals surface area (Å²) in [5, 5.41) is 0. The average Bonchev–Trinajstić information content (AvgIpc) is 2.84. The van der Waals surface area contributed by atoms with Crippen LogP contribution in [0.15, 0.2) is 76.5 Å². The molecular weight excluding hydrogens is 488 g/mol. The van der Waals surface area contributed by atoms with E-state index in [1.54, 1.807) is 33.3 Å². The van der Waals surface area contributed by atoms with Gasteiger partial charge in [0.2, 0.25) is 20.0 Å². The zero-order valence-electron chi connectivity index (χ0n) is 19.9. The molecular formula is C25H30N2O6S2. The van der Waals surface area contributed by atoms with Crippen molar-refractivity contribution in [2.75, 3.05) is 27.3 Å². The first kappa shape index (κ1) is 26.7. The van der Waals surface area contributed by atoms with Gasteiger partial charge in [0, 0.05) is 13.1 Å². The molecule has 0 saturated heterocycles. The lowest BCUT2D eigenvalue weighted by Gasteiger charge is -2.14. The lowest BCUT2D eigenvalue weighted by atomic mass is 10.1. The van der Waals surface area contributed by atoms with Crippen molar-refractivity contribution < 1.29 is 26.3 Å². The summed E-state index contributed by atoms with van der Waals surface area (Å²) >= 11 is 0. The molecule has 0 spiro atoms. The summed E-state index contributed by atoms with van der Waals surface area (Å²) in [6.45, 7) is 2.07. The van der Waals surface area contributed by atoms with Crippen molar-refractivity contribution in [2.45, 2.75) is 29.6 Å². The zero-order valence-corrected chi connectivity index (χ0v) is 21.6. The highest BCUT2D eigenvalue weighted by Gasteiger charge is 2.22. The van der Waals surface area contributed by atoms with Crippen LogP contribution in [0.2, 0.25) is 0 Å². The van der Waals surface area contributed by atoms with Crippen molar-refractivity contribution >= 4 is 20.0 Å². The van der Waals surface area contributed by atoms with E-state index in [0.717, 1.165) is 11.1 Å². The Morgan fingerprint density at radius 3 is 2.11 bits per heavy atom. The van der Waals surface area contributed by atoms with Crippen molar-refractivity contribution in [3.05, 3.63) is 83.4 Å². The van der Waals surface area contributed by atoms with Crippen LogP contribution in [0.4, 0.5) is 0 Å². The fourth-order valence-corrected chi connectivity index (χ4v) is 6.00. The Hall–Kier alpha value is -2.92. The molecule has 0 unspecified atom stereocenters. The van der Waals surface area contributed by atoms with E-state index in [2.05, 4.69) is 9.44 Å². The minimum Gasteiger partial charge on any atom is -0.493 e. The topological polar surface area (TPSA) is 111 Å². The molecule has 0 fully saturated rings. The van der Waals surface area contributed by atoms with Gasteiger partial charge in [-0.2, -0.15) is 0 Å². The maximum absolute atomic E-state index is 13.2. The van der Waals surface area contributed by atoms with Crippen LogP contribution in [-0.2, 0) is 32.9 Å². The molecule has 0 aromatic heterocycles. The van der Waals surface area contributed by atoms with E-state index >= 15 is 0 Å². The third-order valence-corrected chi connectivity index (χ3v) is 8.46. The number of methoxy groups -OCH3 is 2. The molecule has 3 rings (SSSR count). The van der Waals surface area contributed by atoms with Crippen LogP contribution >= 0.6 is 0 Å². The minimum absolute atomic E-state index is 0.0227. The number of hydrogen-bond acceptors (Lipinski definition) is 6. The van der Waals surface area contributed by atoms with E-state index in [9.17, 15) is 16.8 Å². The van der Waals surface area contributed by atoms with E-state index < -0.39 is 20.0 Å². The maximum atomic E-state index is 13.2. The van der Waals surface area contributed by atoms with Crippen LogP contribution < -0.4 is 18.9 Å². The van der Waals surface area contributed by atoms with Crippen LogP contribution in [0.3, 0.4) is 0 Å². The van der Waals surface area contributed by atoms with Gasteiger partial charge in [0.05, 0.1) is 24.0 Å². The second-order valence-corrected chi connectivity index (χ2v) is 11.3. The third-order valence-electron chi connectivity index (χ3n) is 5.36. The smallest absolute Gasteiger partial charge is 0.240 e. The predicted octanol–water partition coefficient (Wildman–Crippen LogP) is 3.11. The van der Waals surface area contributed by atoms with Gasteiger partial charge in [-0.05, 0) is 59.9 Å². The molecule has 3 aromatic carbocycles. The van der Waals surface area contributed by atoms with Gasteiger partial charge in [0.25, 0.3) is 0 Å². The van der Waals surface area contributed by atoms with Crippen molar-refractivity contribution in [3.8, 4) is 11.5 Å². The zero-order chi connectivity index (χ0) is 25.5. The highest BCUT2D eigenvalue weighted by atomic mass is 32.2. The van der Waals surface area contributed by atoms with Crippen LogP contribution in [-0.4, -0.2) is 44.1 Å². The normalized spacial score (nSPS) is 11.9. The van der Waals surface area contributed by atoms with Gasteiger partial charge in [0.1, 0.15) is 0 Å². The first-order chi connectivity index (χ1) is 16.7. The van der Waals surface area contributed by atoms with Gasteiger partial charge in [0.15, 0.2) is 11.5 Å². The number of rotatable bonds is 12. The monoisotopic (exact) mass is 518 g/mol. The highest BCUT2D eigenvalue weighted by molar-refractivity contribution is 7.90. The maximum Gasteiger partial charge on any atom is 0.240 e. The molecule has 188 valence electrons. The van der Waals surface area contributed by atoms with Gasteiger partial charge in [-0.15, -0.1) is 0 Å². The molecule has 10 heteroatoms. The summed E-state index contributed by atoms with van der Waals surface area (Å²) in [7, 11) is -4.56. The van der Waals surface area contributed by atoms with E-state index in [0.29, 0.717) is 23.5 Å². The van der Waals surface area contributed by atoms with E-state index in [1.807, 2.05) is 36.4 Å². The standard InChI is InChI=1S/C25H30N2O6S2/c1-4-26-34(28,29)22-11-13-25(21(18-22)16-19-8-6-5-7-9-19)35(30,31)27-15-14-20-10-12-23(32-2)24(17-20)33-3/h5-13,17-18,26-27H,4,14-16H2,1-3H3. The number of sulfonamides is 2. The number of hydrogen-bond donors (Lipinski definition) is 2. The molecule has 0 saturated carbocycles. The number of benzene rings is 3. The summed E-state index contributed by atoms with van der Waals surface area (Å²) in [6, 6.07) is 18.8. The summed E-state index contributed by atoms with van der Waals surface area (Å²) in [6.07, 6.45) is 0.697. The first-order valence-electron chi connectivity index (χ1n) is 11.1. The molecule has 0 aliphatic carbocycles. The van der Waals surface area contributed by atoms with E-state index in [1.165, 1.54) is 18.2 Å². The van der Waals surface area contributed by atoms with Gasteiger partial charge < -0.3 is 9.47 Å². The Balaban J connectivity index is 1.86. The van der Waals surface area contributed by atoms with E-state index in [-0.39, 0.29) is 29.3 Å². The van der Waals surface area contributed by atoms with Crippen molar-refractivity contribution in [3.63, 3.8) is 0 Å². The molecule has 2 N–H and O–H groups in total. The third kappa shape index (κ3) is 6.82. The molecule has 0 amide bonds. The summed E-state index contributed by atoms with van der Waals surface area (Å²) in [4.78, 5) is 0.0682. The lowest BCUT2D eigenvalue weighted by molar-refractivity contribution is 0.354. The van der Waals surface area contributed by atoms with Gasteiger partial charge in [-0.1, -0.05) is 43.3 Å². The van der Waals surface area contributed by atoms with Gasteiger partial charge >= 0.3 is 0 Å². The predicted molar refractivity (Wildman–Crippen MR) is 135 cm³/mol. The second-order valence-electron chi connectivity index (χ2n) is 7.77. The molecule has 0 aliphatic heterocycles. The molecule has 0 aliphatic rings. The van der Waals surface area contributed by atoms with Crippen molar-refractivity contribution in [2.24, 2.45) is 0 Å². The summed E-state index contributed by atoms with van der Waals surface area (Å²) in [5.74, 6) is 1.16. The fourth-order valence-electron chi connectivity index (χ4n) is 3.66. The Labute approximate surface area is 207 Å². The summed E-state index contributed by atoms with van der Waals surface area (Å²) in [5.41, 5.74) is 2.14. The molecule has 3 aromatic rings. The van der Waals surface area contributed by atoms with Crippen molar-refractivity contribution in [1.29, 1.82) is 0 Å². The molecule has 0 heterocycles. The SMILES string of the molecule is CCNS(=O)(=O)c1ccc(S(=O)(=O)NCCc2ccc(OC)c(OC)c2)c(Cc2ccccc2)c1. The molecule has 0 atom stereocenters. The quantitative estimate of drug-likeness (QED) is 0.381. The molecule has 0 bridgehead atoms. The number of nitrogens with one attached hydrogen (secondary N) is 2. The Morgan fingerprint density at radius 2 is 1.46 bits per heavy atom. The van der Waals surface area contributed by atoms with Crippen LogP contribution in [0, 0.1) is 0 Å². The van der Waals surface area contributed by atoms with Gasteiger partial charge in [-0.3, -0.25) is 0 Å². The summed E-state index contributed by atoms with van der Waals surface area (Å²) < 4.78 is 67.1. The Morgan fingerprint density at radius 1 is 0.743 bits per heavy atom. The van der Waals surface area contributed by atoms with Crippen LogP contribution in [0.1, 0.15) is 23.6 Å². The minimum atomic E-state index is -3.91. The van der Waals surface area contributed by atoms with Crippen LogP contribution in [0.25, 0.3) is 0 Å². The Bertz CT molecular complexity index is 1360. The average molecular weight is 519 g/mol. The fraction of sp³-hybridized carbons (Fsp3) is 0.280. The van der Waals surface area contributed by atoms with E-state index in [4.69, 9.17) is 9.47 Å². The molecule has 0 radical (unpaired) electrons. The van der Waals surface area contributed by atoms with Crippen molar-refractivity contribution in [1.82, 2.24) is 9.44 Å². The lowest BCUT2D eigenvalue weighted by Crippen LogP contribution is -2.28. The first-order valence-corrected chi connectivity index (χ1v) is 14.0.